The van der Waals surface area contributed by atoms with E-state index in [2.05, 4.69) is 15.4 Å². The van der Waals surface area contributed by atoms with Gasteiger partial charge in [-0.25, -0.2) is 19.4 Å². The molecule has 0 aliphatic carbocycles. The highest BCUT2D eigenvalue weighted by Gasteiger charge is 2.30. The molecule has 10 heteroatoms. The van der Waals surface area contributed by atoms with Crippen LogP contribution in [0.4, 0.5) is 5.95 Å². The molecule has 1 aromatic heterocycles. The van der Waals surface area contributed by atoms with Gasteiger partial charge in [0, 0.05) is 12.7 Å². The van der Waals surface area contributed by atoms with Crippen LogP contribution in [-0.4, -0.2) is 40.2 Å². The van der Waals surface area contributed by atoms with Crippen molar-refractivity contribution >= 4 is 19.7 Å². The highest BCUT2D eigenvalue weighted by atomic mass is 31.2. The lowest BCUT2D eigenvalue weighted by molar-refractivity contribution is 0.0520. The van der Waals surface area contributed by atoms with Gasteiger partial charge in [-0.3, -0.25) is 9.09 Å². The van der Waals surface area contributed by atoms with E-state index in [0.29, 0.717) is 18.9 Å². The Labute approximate surface area is 122 Å². The standard InChI is InChI=1S/C11H19N4O5P/c1-3-19-10(16)8-7-15-9(5-6-12-11(15)13-8)14-21(17,18)20-4-2/h7,9H,3-6H2,1-2H3,(H,12,13)(H2,14,17,18). The maximum Gasteiger partial charge on any atom is 0.404 e. The molecule has 9 nitrogen and oxygen atoms in total. The average molecular weight is 318 g/mol. The van der Waals surface area contributed by atoms with Crippen molar-refractivity contribution in [2.45, 2.75) is 26.4 Å². The van der Waals surface area contributed by atoms with E-state index >= 15 is 0 Å². The summed E-state index contributed by atoms with van der Waals surface area (Å²) in [6, 6.07) is 0. The lowest BCUT2D eigenvalue weighted by Crippen LogP contribution is -2.31. The predicted molar refractivity (Wildman–Crippen MR) is 74.9 cm³/mol. The Bertz CT molecular complexity index is 561. The molecule has 0 bridgehead atoms. The third kappa shape index (κ3) is 3.82. The van der Waals surface area contributed by atoms with Crippen molar-refractivity contribution in [3.8, 4) is 0 Å². The van der Waals surface area contributed by atoms with Gasteiger partial charge in [0.2, 0.25) is 5.95 Å². The van der Waals surface area contributed by atoms with Gasteiger partial charge in [-0.1, -0.05) is 0 Å². The Morgan fingerprint density at radius 3 is 3.05 bits per heavy atom. The molecule has 1 aromatic rings. The summed E-state index contributed by atoms with van der Waals surface area (Å²) in [6.45, 7) is 4.28. The topological polar surface area (TPSA) is 115 Å². The van der Waals surface area contributed by atoms with E-state index in [1.807, 2.05) is 0 Å². The minimum Gasteiger partial charge on any atom is -0.461 e. The second-order valence-corrected chi connectivity index (χ2v) is 5.93. The molecule has 0 fully saturated rings. The first kappa shape index (κ1) is 16.0. The van der Waals surface area contributed by atoms with E-state index in [0.717, 1.165) is 0 Å². The number of aromatic nitrogens is 2. The molecule has 1 aliphatic heterocycles. The summed E-state index contributed by atoms with van der Waals surface area (Å²) < 4.78 is 23.1. The number of carbonyl (C=O) groups excluding carboxylic acids is 1. The number of carbonyl (C=O) groups is 1. The molecule has 0 radical (unpaired) electrons. The summed E-state index contributed by atoms with van der Waals surface area (Å²) in [5.41, 5.74) is 0.150. The molecule has 0 spiro atoms. The second kappa shape index (κ2) is 6.57. The molecule has 2 rings (SSSR count). The van der Waals surface area contributed by atoms with Crippen LogP contribution in [0.5, 0.6) is 0 Å². The Balaban J connectivity index is 2.19. The minimum atomic E-state index is -3.89. The van der Waals surface area contributed by atoms with Gasteiger partial charge in [-0.2, -0.15) is 0 Å². The highest BCUT2D eigenvalue weighted by molar-refractivity contribution is 7.50. The molecular formula is C11H19N4O5P. The molecule has 0 saturated heterocycles. The van der Waals surface area contributed by atoms with Crippen molar-refractivity contribution in [3.63, 3.8) is 0 Å². The van der Waals surface area contributed by atoms with Crippen LogP contribution in [0.15, 0.2) is 6.20 Å². The number of anilines is 1. The first-order valence-corrected chi connectivity index (χ1v) is 8.29. The monoisotopic (exact) mass is 318 g/mol. The lowest BCUT2D eigenvalue weighted by Gasteiger charge is -2.28. The molecular weight excluding hydrogens is 299 g/mol. The molecule has 0 saturated carbocycles. The van der Waals surface area contributed by atoms with E-state index in [-0.39, 0.29) is 18.9 Å². The van der Waals surface area contributed by atoms with Gasteiger partial charge in [0.25, 0.3) is 0 Å². The number of ether oxygens (including phenoxy) is 1. The van der Waals surface area contributed by atoms with Gasteiger partial charge in [0.15, 0.2) is 5.69 Å². The maximum absolute atomic E-state index is 11.8. The van der Waals surface area contributed by atoms with Gasteiger partial charge in [0.1, 0.15) is 0 Å². The van der Waals surface area contributed by atoms with Crippen molar-refractivity contribution in [1.82, 2.24) is 14.6 Å². The quantitative estimate of drug-likeness (QED) is 0.527. The van der Waals surface area contributed by atoms with Crippen LogP contribution in [0, 0.1) is 0 Å². The average Bonchev–Trinajstić information content (AvgIpc) is 2.83. The summed E-state index contributed by atoms with van der Waals surface area (Å²) in [7, 11) is -3.89. The lowest BCUT2D eigenvalue weighted by atomic mass is 10.3. The fraction of sp³-hybridized carbons (Fsp3) is 0.636. The number of nitrogens with one attached hydrogen (secondary N) is 2. The van der Waals surface area contributed by atoms with Gasteiger partial charge in [-0.05, 0) is 20.3 Å². The fourth-order valence-electron chi connectivity index (χ4n) is 2.05. The van der Waals surface area contributed by atoms with Crippen molar-refractivity contribution in [2.75, 3.05) is 25.1 Å². The fourth-order valence-corrected chi connectivity index (χ4v) is 3.11. The molecule has 2 atom stereocenters. The summed E-state index contributed by atoms with van der Waals surface area (Å²) >= 11 is 0. The minimum absolute atomic E-state index is 0.122. The van der Waals surface area contributed by atoms with Crippen LogP contribution in [0.25, 0.3) is 0 Å². The van der Waals surface area contributed by atoms with Crippen LogP contribution < -0.4 is 10.4 Å². The van der Waals surface area contributed by atoms with E-state index in [1.54, 1.807) is 18.4 Å². The third-order valence-electron chi connectivity index (χ3n) is 2.87. The second-order valence-electron chi connectivity index (χ2n) is 4.38. The highest BCUT2D eigenvalue weighted by Crippen LogP contribution is 2.40. The van der Waals surface area contributed by atoms with Crippen LogP contribution in [0.1, 0.15) is 36.9 Å². The molecule has 118 valence electrons. The molecule has 0 amide bonds. The zero-order chi connectivity index (χ0) is 15.5. The summed E-state index contributed by atoms with van der Waals surface area (Å²) in [6.07, 6.45) is 1.55. The van der Waals surface area contributed by atoms with Gasteiger partial charge in [0.05, 0.1) is 19.4 Å². The van der Waals surface area contributed by atoms with E-state index in [1.165, 1.54) is 6.20 Å². The third-order valence-corrected chi connectivity index (χ3v) is 4.10. The number of hydrogen-bond acceptors (Lipinski definition) is 6. The molecule has 2 unspecified atom stereocenters. The van der Waals surface area contributed by atoms with Gasteiger partial charge < -0.3 is 14.9 Å². The SMILES string of the molecule is CCOC(=O)c1cn2c(n1)NCCC2NP(=O)(O)OCC. The number of esters is 1. The number of rotatable bonds is 6. The summed E-state index contributed by atoms with van der Waals surface area (Å²) in [5, 5.41) is 5.58. The van der Waals surface area contributed by atoms with Gasteiger partial charge >= 0.3 is 13.7 Å². The van der Waals surface area contributed by atoms with Crippen molar-refractivity contribution < 1.29 is 23.5 Å². The van der Waals surface area contributed by atoms with Crippen molar-refractivity contribution in [1.29, 1.82) is 0 Å². The molecule has 1 aliphatic rings. The smallest absolute Gasteiger partial charge is 0.404 e. The normalized spacial score (nSPS) is 20.2. The van der Waals surface area contributed by atoms with E-state index in [4.69, 9.17) is 9.26 Å². The zero-order valence-electron chi connectivity index (χ0n) is 11.9. The Kier molecular flexibility index (Phi) is 5.00. The maximum atomic E-state index is 11.8. The van der Waals surface area contributed by atoms with Crippen LogP contribution in [-0.2, 0) is 13.8 Å². The van der Waals surface area contributed by atoms with Crippen LogP contribution in [0.3, 0.4) is 0 Å². The van der Waals surface area contributed by atoms with Crippen LogP contribution >= 0.6 is 7.75 Å². The van der Waals surface area contributed by atoms with Crippen molar-refractivity contribution in [2.24, 2.45) is 0 Å². The van der Waals surface area contributed by atoms with Crippen LogP contribution in [0.2, 0.25) is 0 Å². The predicted octanol–water partition coefficient (Wildman–Crippen LogP) is 1.10. The van der Waals surface area contributed by atoms with Gasteiger partial charge in [-0.15, -0.1) is 0 Å². The van der Waals surface area contributed by atoms with E-state index in [9.17, 15) is 14.3 Å². The zero-order valence-corrected chi connectivity index (χ0v) is 12.8. The number of hydrogen-bond donors (Lipinski definition) is 3. The Hall–Kier alpha value is -1.41. The Morgan fingerprint density at radius 1 is 1.62 bits per heavy atom. The molecule has 21 heavy (non-hydrogen) atoms. The largest absolute Gasteiger partial charge is 0.461 e. The molecule has 3 N–H and O–H groups in total. The first-order valence-electron chi connectivity index (χ1n) is 6.71. The van der Waals surface area contributed by atoms with E-state index < -0.39 is 19.9 Å². The molecule has 0 aromatic carbocycles. The van der Waals surface area contributed by atoms with Crippen molar-refractivity contribution in [3.05, 3.63) is 11.9 Å². The summed E-state index contributed by atoms with van der Waals surface area (Å²) in [5.74, 6) is -0.0877. The number of imidazole rings is 1. The molecule has 2 heterocycles. The summed E-state index contributed by atoms with van der Waals surface area (Å²) in [4.78, 5) is 25.5. The first-order chi connectivity index (χ1) is 9.96. The Morgan fingerprint density at radius 2 is 2.38 bits per heavy atom. The number of nitrogens with zero attached hydrogens (tertiary/aromatic N) is 2. The number of fused-ring (bicyclic) bond motifs is 1.